The number of hydrogen-bond acceptors (Lipinski definition) is 6. The number of aromatic nitrogens is 3. The van der Waals surface area contributed by atoms with E-state index in [9.17, 15) is 8.78 Å². The smallest absolute Gasteiger partial charge is 0.395 e. The molecule has 0 aliphatic carbocycles. The highest BCUT2D eigenvalue weighted by atomic mass is 32.1. The number of aromatic amines is 1. The van der Waals surface area contributed by atoms with Crippen LogP contribution in [0.4, 0.5) is 13.9 Å². The topological polar surface area (TPSA) is 72.1 Å². The first kappa shape index (κ1) is 12.3. The van der Waals surface area contributed by atoms with E-state index in [0.717, 1.165) is 10.3 Å². The first-order chi connectivity index (χ1) is 10.1. The molecule has 1 aromatic carbocycles. The molecule has 0 saturated carbocycles. The molecule has 6 nitrogen and oxygen atoms in total. The third-order valence-corrected chi connectivity index (χ3v) is 3.89. The number of hydrogen-bond donors (Lipinski definition) is 2. The Morgan fingerprint density at radius 2 is 2.10 bits per heavy atom. The molecule has 3 heterocycles. The summed E-state index contributed by atoms with van der Waals surface area (Å²) in [4.78, 5) is 4.33. The molecule has 0 spiro atoms. The Labute approximate surface area is 120 Å². The van der Waals surface area contributed by atoms with E-state index in [0.29, 0.717) is 17.2 Å². The number of fused-ring (bicyclic) bond motifs is 2. The molecule has 0 bridgehead atoms. The predicted molar refractivity (Wildman–Crippen MR) is 71.7 cm³/mol. The summed E-state index contributed by atoms with van der Waals surface area (Å²) >= 11 is 1.35. The summed E-state index contributed by atoms with van der Waals surface area (Å²) in [5.74, 6) is 0.0247. The zero-order valence-corrected chi connectivity index (χ0v) is 11.2. The molecule has 2 aromatic heterocycles. The fraction of sp³-hybridized carbons (Fsp3) is 0.167. The second-order valence-electron chi connectivity index (χ2n) is 4.41. The zero-order chi connectivity index (χ0) is 14.4. The zero-order valence-electron chi connectivity index (χ0n) is 10.4. The summed E-state index contributed by atoms with van der Waals surface area (Å²) in [5, 5.41) is 10.4. The van der Waals surface area contributed by atoms with Crippen LogP contribution in [0, 0.1) is 0 Å². The van der Waals surface area contributed by atoms with Gasteiger partial charge in [-0.15, -0.1) is 8.78 Å². The second kappa shape index (κ2) is 4.29. The molecule has 1 aliphatic heterocycles. The number of ether oxygens (including phenoxy) is 2. The molecule has 2 N–H and O–H groups in total. The summed E-state index contributed by atoms with van der Waals surface area (Å²) in [5.41, 5.74) is 1.57. The van der Waals surface area contributed by atoms with Gasteiger partial charge in [-0.05, 0) is 0 Å². The molecule has 21 heavy (non-hydrogen) atoms. The highest BCUT2D eigenvalue weighted by Crippen LogP contribution is 2.44. The van der Waals surface area contributed by atoms with E-state index in [1.165, 1.54) is 23.5 Å². The van der Waals surface area contributed by atoms with E-state index in [1.807, 2.05) is 0 Å². The Bertz CT molecular complexity index is 758. The normalized spacial score (nSPS) is 15.5. The van der Waals surface area contributed by atoms with Gasteiger partial charge < -0.3 is 14.8 Å². The minimum atomic E-state index is -3.60. The van der Waals surface area contributed by atoms with Crippen LogP contribution in [0.15, 0.2) is 24.5 Å². The summed E-state index contributed by atoms with van der Waals surface area (Å²) in [6.07, 6.45) is -0.120. The number of rotatable bonds is 3. The number of alkyl halides is 2. The van der Waals surface area contributed by atoms with Gasteiger partial charge in [0.1, 0.15) is 0 Å². The van der Waals surface area contributed by atoms with E-state index in [1.54, 1.807) is 12.4 Å². The maximum Gasteiger partial charge on any atom is 0.586 e. The minimum Gasteiger partial charge on any atom is -0.395 e. The van der Waals surface area contributed by atoms with Crippen molar-refractivity contribution in [3.05, 3.63) is 30.1 Å². The molecule has 9 heteroatoms. The van der Waals surface area contributed by atoms with Crippen LogP contribution in [0.5, 0.6) is 11.5 Å². The van der Waals surface area contributed by atoms with Crippen LogP contribution < -0.4 is 14.8 Å². The van der Waals surface area contributed by atoms with Gasteiger partial charge in [0.15, 0.2) is 16.6 Å². The van der Waals surface area contributed by atoms with Crippen molar-refractivity contribution in [3.63, 3.8) is 0 Å². The molecule has 0 amide bonds. The van der Waals surface area contributed by atoms with E-state index >= 15 is 0 Å². The lowest BCUT2D eigenvalue weighted by atomic mass is 10.3. The van der Waals surface area contributed by atoms with Gasteiger partial charge in [0.2, 0.25) is 0 Å². The Hall–Kier alpha value is -2.42. The van der Waals surface area contributed by atoms with Crippen molar-refractivity contribution in [3.8, 4) is 11.5 Å². The Morgan fingerprint density at radius 3 is 2.86 bits per heavy atom. The average molecular weight is 310 g/mol. The number of H-pyrrole nitrogens is 1. The van der Waals surface area contributed by atoms with Crippen LogP contribution in [0.2, 0.25) is 0 Å². The number of benzene rings is 1. The number of nitrogens with zero attached hydrogens (tertiary/aromatic N) is 2. The average Bonchev–Trinajstić information content (AvgIpc) is 3.08. The Morgan fingerprint density at radius 1 is 1.29 bits per heavy atom. The van der Waals surface area contributed by atoms with Crippen LogP contribution in [0.3, 0.4) is 0 Å². The Balaban J connectivity index is 1.60. The van der Waals surface area contributed by atoms with Crippen molar-refractivity contribution in [1.82, 2.24) is 15.2 Å². The first-order valence-electron chi connectivity index (χ1n) is 6.01. The molecule has 0 unspecified atom stereocenters. The lowest BCUT2D eigenvalue weighted by Crippen LogP contribution is -2.25. The van der Waals surface area contributed by atoms with Crippen molar-refractivity contribution >= 4 is 26.7 Å². The molecule has 0 fully saturated rings. The molecule has 0 saturated heterocycles. The first-order valence-corrected chi connectivity index (χ1v) is 6.83. The molecule has 108 valence electrons. The van der Waals surface area contributed by atoms with Crippen molar-refractivity contribution in [2.24, 2.45) is 0 Å². The monoisotopic (exact) mass is 310 g/mol. The standard InChI is InChI=1S/C12H8F2N4O2S/c13-12(14)19-8-1-7-10(2-9(8)20-12)21-11(18-7)15-3-6-4-16-17-5-6/h1-2,4-5H,3H2,(H,15,18)(H,16,17). The maximum absolute atomic E-state index is 13.0. The molecule has 1 aliphatic rings. The fourth-order valence-corrected chi connectivity index (χ4v) is 2.87. The number of nitrogens with one attached hydrogen (secondary N) is 2. The van der Waals surface area contributed by atoms with Gasteiger partial charge in [-0.3, -0.25) is 5.10 Å². The molecule has 4 rings (SSSR count). The van der Waals surface area contributed by atoms with Crippen LogP contribution in [-0.2, 0) is 6.54 Å². The lowest BCUT2D eigenvalue weighted by Gasteiger charge is -2.04. The van der Waals surface area contributed by atoms with Crippen LogP contribution in [-0.4, -0.2) is 21.5 Å². The van der Waals surface area contributed by atoms with E-state index in [2.05, 4.69) is 30.0 Å². The number of halogens is 2. The van der Waals surface area contributed by atoms with Crippen LogP contribution in [0.1, 0.15) is 5.56 Å². The van der Waals surface area contributed by atoms with Crippen molar-refractivity contribution in [1.29, 1.82) is 0 Å². The third kappa shape index (κ3) is 2.25. The highest BCUT2D eigenvalue weighted by molar-refractivity contribution is 7.22. The lowest BCUT2D eigenvalue weighted by molar-refractivity contribution is -0.286. The second-order valence-corrected chi connectivity index (χ2v) is 5.44. The summed E-state index contributed by atoms with van der Waals surface area (Å²) in [7, 11) is 0. The van der Waals surface area contributed by atoms with Gasteiger partial charge in [0, 0.05) is 30.4 Å². The van der Waals surface area contributed by atoms with E-state index in [-0.39, 0.29) is 11.5 Å². The molecule has 0 atom stereocenters. The quantitative estimate of drug-likeness (QED) is 0.778. The van der Waals surface area contributed by atoms with Crippen molar-refractivity contribution < 1.29 is 18.3 Å². The predicted octanol–water partition coefficient (Wildman–Crippen LogP) is 2.95. The van der Waals surface area contributed by atoms with Gasteiger partial charge in [-0.1, -0.05) is 11.3 Å². The van der Waals surface area contributed by atoms with Gasteiger partial charge >= 0.3 is 6.29 Å². The largest absolute Gasteiger partial charge is 0.586 e. The van der Waals surface area contributed by atoms with Crippen LogP contribution >= 0.6 is 11.3 Å². The minimum absolute atomic E-state index is 0.000755. The van der Waals surface area contributed by atoms with Gasteiger partial charge in [-0.25, -0.2) is 4.98 Å². The van der Waals surface area contributed by atoms with Gasteiger partial charge in [0.05, 0.1) is 16.4 Å². The summed E-state index contributed by atoms with van der Waals surface area (Å²) in [6.45, 7) is 0.571. The van der Waals surface area contributed by atoms with Gasteiger partial charge in [0.25, 0.3) is 0 Å². The van der Waals surface area contributed by atoms with Crippen molar-refractivity contribution in [2.45, 2.75) is 12.8 Å². The van der Waals surface area contributed by atoms with E-state index in [4.69, 9.17) is 0 Å². The molecule has 3 aromatic rings. The van der Waals surface area contributed by atoms with E-state index < -0.39 is 6.29 Å². The Kier molecular flexibility index (Phi) is 2.52. The molecular weight excluding hydrogens is 302 g/mol. The highest BCUT2D eigenvalue weighted by Gasteiger charge is 2.43. The third-order valence-electron chi connectivity index (χ3n) is 2.91. The van der Waals surface area contributed by atoms with Crippen LogP contribution in [0.25, 0.3) is 10.2 Å². The summed E-state index contributed by atoms with van der Waals surface area (Å²) in [6, 6.07) is 2.96. The molecule has 0 radical (unpaired) electrons. The number of thiazole rings is 1. The molecular formula is C12H8F2N4O2S. The SMILES string of the molecule is FC1(F)Oc2cc3nc(NCc4cn[nH]c4)sc3cc2O1. The number of anilines is 1. The summed E-state index contributed by atoms with van der Waals surface area (Å²) < 4.78 is 35.5. The van der Waals surface area contributed by atoms with Gasteiger partial charge in [-0.2, -0.15) is 5.10 Å². The fourth-order valence-electron chi connectivity index (χ4n) is 2.00. The maximum atomic E-state index is 13.0. The van der Waals surface area contributed by atoms with Crippen molar-refractivity contribution in [2.75, 3.05) is 5.32 Å².